The van der Waals surface area contributed by atoms with Crippen molar-refractivity contribution in [3.8, 4) is 0 Å². The molecule has 2 heterocycles. The van der Waals surface area contributed by atoms with Crippen molar-refractivity contribution in [1.82, 2.24) is 8.61 Å². The van der Waals surface area contributed by atoms with Gasteiger partial charge in [0.25, 0.3) is 10.2 Å². The van der Waals surface area contributed by atoms with Gasteiger partial charge in [0.2, 0.25) is 0 Å². The molecule has 0 bridgehead atoms. The van der Waals surface area contributed by atoms with Gasteiger partial charge in [-0.25, -0.2) is 0 Å². The van der Waals surface area contributed by atoms with E-state index in [1.54, 1.807) is 8.61 Å². The minimum absolute atomic E-state index is 0.332. The van der Waals surface area contributed by atoms with E-state index < -0.39 is 10.2 Å². The van der Waals surface area contributed by atoms with E-state index in [-0.39, 0.29) is 0 Å². The molecule has 2 atom stereocenters. The first-order valence-corrected chi connectivity index (χ1v) is 7.89. The second kappa shape index (κ2) is 5.22. The zero-order valence-corrected chi connectivity index (χ0v) is 11.3. The number of piperidine rings is 1. The Bertz CT molecular complexity index is 358. The molecule has 100 valence electrons. The molecule has 2 aliphatic rings. The van der Waals surface area contributed by atoms with Gasteiger partial charge in [0.05, 0.1) is 0 Å². The standard InChI is InChI=1S/C11H23N3O2S/c1-10-4-6-14(8-10)17(15,16)13-5-2-3-11(7-12)9-13/h10-11H,2-9,12H2,1H3. The molecule has 2 rings (SSSR count). The third-order valence-corrected chi connectivity index (χ3v) is 5.82. The van der Waals surface area contributed by atoms with E-state index in [1.165, 1.54) is 0 Å². The summed E-state index contributed by atoms with van der Waals surface area (Å²) in [5.74, 6) is 0.818. The Morgan fingerprint density at radius 2 is 1.88 bits per heavy atom. The molecule has 2 fully saturated rings. The van der Waals surface area contributed by atoms with Crippen molar-refractivity contribution >= 4 is 10.2 Å². The zero-order valence-electron chi connectivity index (χ0n) is 10.5. The van der Waals surface area contributed by atoms with Gasteiger partial charge in [0.1, 0.15) is 0 Å². The highest BCUT2D eigenvalue weighted by molar-refractivity contribution is 7.86. The van der Waals surface area contributed by atoms with Gasteiger partial charge in [-0.3, -0.25) is 0 Å². The molecular formula is C11H23N3O2S. The Kier molecular flexibility index (Phi) is 4.07. The molecule has 2 saturated heterocycles. The van der Waals surface area contributed by atoms with E-state index in [2.05, 4.69) is 6.92 Å². The summed E-state index contributed by atoms with van der Waals surface area (Å²) in [7, 11) is -3.23. The predicted molar refractivity (Wildman–Crippen MR) is 67.6 cm³/mol. The highest BCUT2D eigenvalue weighted by Gasteiger charge is 2.36. The van der Waals surface area contributed by atoms with Gasteiger partial charge in [-0.05, 0) is 37.6 Å². The van der Waals surface area contributed by atoms with Gasteiger partial charge in [0, 0.05) is 26.2 Å². The van der Waals surface area contributed by atoms with Crippen LogP contribution in [0, 0.1) is 11.8 Å². The lowest BCUT2D eigenvalue weighted by atomic mass is 10.0. The molecule has 0 radical (unpaired) electrons. The van der Waals surface area contributed by atoms with E-state index >= 15 is 0 Å². The monoisotopic (exact) mass is 261 g/mol. The van der Waals surface area contributed by atoms with Gasteiger partial charge in [0.15, 0.2) is 0 Å². The summed E-state index contributed by atoms with van der Waals surface area (Å²) in [6.45, 7) is 5.30. The second-order valence-corrected chi connectivity index (χ2v) is 7.29. The number of nitrogens with two attached hydrogens (primary N) is 1. The summed E-state index contributed by atoms with van der Waals surface area (Å²) >= 11 is 0. The minimum atomic E-state index is -3.23. The number of rotatable bonds is 3. The van der Waals surface area contributed by atoms with E-state index in [9.17, 15) is 8.42 Å². The van der Waals surface area contributed by atoms with Crippen LogP contribution in [0.5, 0.6) is 0 Å². The lowest BCUT2D eigenvalue weighted by Crippen LogP contribution is -2.48. The van der Waals surface area contributed by atoms with E-state index in [0.717, 1.165) is 19.3 Å². The Labute approximate surface area is 104 Å². The summed E-state index contributed by atoms with van der Waals surface area (Å²) in [5.41, 5.74) is 5.65. The lowest BCUT2D eigenvalue weighted by molar-refractivity contribution is 0.255. The number of nitrogens with zero attached hydrogens (tertiary/aromatic N) is 2. The van der Waals surface area contributed by atoms with Crippen molar-refractivity contribution in [2.75, 3.05) is 32.7 Å². The summed E-state index contributed by atoms with van der Waals surface area (Å²) in [4.78, 5) is 0. The molecule has 0 amide bonds. The van der Waals surface area contributed by atoms with Crippen molar-refractivity contribution in [3.63, 3.8) is 0 Å². The fourth-order valence-corrected chi connectivity index (χ4v) is 4.56. The van der Waals surface area contributed by atoms with Gasteiger partial charge >= 0.3 is 0 Å². The normalized spacial score (nSPS) is 33.1. The molecule has 0 aromatic rings. The van der Waals surface area contributed by atoms with Crippen LogP contribution in [0.3, 0.4) is 0 Å². The molecule has 0 saturated carbocycles. The first-order valence-electron chi connectivity index (χ1n) is 6.49. The summed E-state index contributed by atoms with van der Waals surface area (Å²) in [5, 5.41) is 0. The van der Waals surface area contributed by atoms with Crippen LogP contribution in [-0.4, -0.2) is 49.8 Å². The predicted octanol–water partition coefficient (Wildman–Crippen LogP) is 0.244. The summed E-state index contributed by atoms with van der Waals surface area (Å²) < 4.78 is 28.1. The largest absolute Gasteiger partial charge is 0.330 e. The molecule has 17 heavy (non-hydrogen) atoms. The molecule has 2 aliphatic heterocycles. The van der Waals surface area contributed by atoms with Crippen LogP contribution in [0.4, 0.5) is 0 Å². The fourth-order valence-electron chi connectivity index (χ4n) is 2.70. The van der Waals surface area contributed by atoms with Gasteiger partial charge in [-0.1, -0.05) is 6.92 Å². The van der Waals surface area contributed by atoms with Crippen molar-refractivity contribution in [1.29, 1.82) is 0 Å². The zero-order chi connectivity index (χ0) is 12.5. The van der Waals surface area contributed by atoms with Crippen molar-refractivity contribution in [2.45, 2.75) is 26.2 Å². The quantitative estimate of drug-likeness (QED) is 0.791. The molecule has 0 aromatic heterocycles. The van der Waals surface area contributed by atoms with Gasteiger partial charge in [-0.2, -0.15) is 17.0 Å². The Hall–Kier alpha value is -0.170. The summed E-state index contributed by atoms with van der Waals surface area (Å²) in [6.07, 6.45) is 2.97. The smallest absolute Gasteiger partial charge is 0.281 e. The van der Waals surface area contributed by atoms with Crippen LogP contribution in [0.15, 0.2) is 0 Å². The Morgan fingerprint density at radius 1 is 1.18 bits per heavy atom. The van der Waals surface area contributed by atoms with E-state index in [0.29, 0.717) is 44.6 Å². The topological polar surface area (TPSA) is 66.6 Å². The Balaban J connectivity index is 2.04. The van der Waals surface area contributed by atoms with Crippen LogP contribution in [-0.2, 0) is 10.2 Å². The summed E-state index contributed by atoms with van der Waals surface area (Å²) in [6, 6.07) is 0. The maximum absolute atomic E-state index is 12.4. The second-order valence-electron chi connectivity index (χ2n) is 5.36. The van der Waals surface area contributed by atoms with Gasteiger partial charge in [-0.15, -0.1) is 0 Å². The molecular weight excluding hydrogens is 238 g/mol. The van der Waals surface area contributed by atoms with E-state index in [1.807, 2.05) is 0 Å². The molecule has 5 nitrogen and oxygen atoms in total. The molecule has 0 aromatic carbocycles. The average Bonchev–Trinajstić information content (AvgIpc) is 2.76. The molecule has 2 N–H and O–H groups in total. The van der Waals surface area contributed by atoms with E-state index in [4.69, 9.17) is 5.73 Å². The molecule has 6 heteroatoms. The lowest BCUT2D eigenvalue weighted by Gasteiger charge is -2.33. The van der Waals surface area contributed by atoms with Crippen molar-refractivity contribution in [3.05, 3.63) is 0 Å². The van der Waals surface area contributed by atoms with Crippen molar-refractivity contribution < 1.29 is 8.42 Å². The van der Waals surface area contributed by atoms with Crippen LogP contribution in [0.25, 0.3) is 0 Å². The highest BCUT2D eigenvalue weighted by Crippen LogP contribution is 2.24. The highest BCUT2D eigenvalue weighted by atomic mass is 32.2. The van der Waals surface area contributed by atoms with Crippen molar-refractivity contribution in [2.24, 2.45) is 17.6 Å². The number of hydrogen-bond donors (Lipinski definition) is 1. The first kappa shape index (κ1) is 13.3. The first-order chi connectivity index (χ1) is 8.04. The minimum Gasteiger partial charge on any atom is -0.330 e. The molecule has 0 spiro atoms. The van der Waals surface area contributed by atoms with Gasteiger partial charge < -0.3 is 5.73 Å². The average molecular weight is 261 g/mol. The third kappa shape index (κ3) is 2.81. The fraction of sp³-hybridized carbons (Fsp3) is 1.00. The Morgan fingerprint density at radius 3 is 2.47 bits per heavy atom. The SMILES string of the molecule is CC1CCN(S(=O)(=O)N2CCCC(CN)C2)C1. The van der Waals surface area contributed by atoms with Crippen LogP contribution in [0.2, 0.25) is 0 Å². The maximum atomic E-state index is 12.4. The van der Waals surface area contributed by atoms with Crippen LogP contribution in [0.1, 0.15) is 26.2 Å². The number of hydrogen-bond acceptors (Lipinski definition) is 3. The third-order valence-electron chi connectivity index (χ3n) is 3.85. The molecule has 2 unspecified atom stereocenters. The van der Waals surface area contributed by atoms with Crippen LogP contribution >= 0.6 is 0 Å². The molecule has 0 aliphatic carbocycles. The maximum Gasteiger partial charge on any atom is 0.281 e. The van der Waals surface area contributed by atoms with Crippen LogP contribution < -0.4 is 5.73 Å².